The monoisotopic (exact) mass is 329 g/mol. The van der Waals surface area contributed by atoms with E-state index in [9.17, 15) is 0 Å². The van der Waals surface area contributed by atoms with Crippen molar-refractivity contribution in [2.45, 2.75) is 26.3 Å². The second-order valence-corrected chi connectivity index (χ2v) is 6.71. The molecule has 126 valence electrons. The number of aromatic amines is 1. The molecular formula is C22H23N3. The minimum Gasteiger partial charge on any atom is -0.360 e. The van der Waals surface area contributed by atoms with Gasteiger partial charge in [-0.1, -0.05) is 54.1 Å². The van der Waals surface area contributed by atoms with E-state index in [1.807, 2.05) is 12.4 Å². The number of hydrogen-bond donors (Lipinski definition) is 1. The number of nitrogens with one attached hydrogen (secondary N) is 1. The Labute approximate surface area is 148 Å². The largest absolute Gasteiger partial charge is 0.360 e. The number of H-pyrrole nitrogens is 1. The third-order valence-electron chi connectivity index (χ3n) is 4.94. The van der Waals surface area contributed by atoms with Crippen LogP contribution in [0, 0.1) is 13.8 Å². The van der Waals surface area contributed by atoms with E-state index in [-0.39, 0.29) is 0 Å². The van der Waals surface area contributed by atoms with Gasteiger partial charge in [-0.25, -0.2) is 4.98 Å². The number of benzene rings is 1. The Kier molecular flexibility index (Phi) is 4.14. The van der Waals surface area contributed by atoms with Crippen LogP contribution in [0.15, 0.2) is 61.0 Å². The maximum Gasteiger partial charge on any atom is 0.137 e. The normalized spacial score (nSPS) is 17.7. The van der Waals surface area contributed by atoms with Crippen molar-refractivity contribution in [3.8, 4) is 0 Å². The van der Waals surface area contributed by atoms with Crippen molar-refractivity contribution in [2.24, 2.45) is 0 Å². The molecule has 25 heavy (non-hydrogen) atoms. The lowest BCUT2D eigenvalue weighted by Gasteiger charge is -2.34. The second kappa shape index (κ2) is 6.60. The Hall–Kier alpha value is -2.81. The van der Waals surface area contributed by atoms with Crippen LogP contribution in [0.1, 0.15) is 23.1 Å². The zero-order valence-corrected chi connectivity index (χ0v) is 14.7. The van der Waals surface area contributed by atoms with Gasteiger partial charge in [0.1, 0.15) is 5.65 Å². The number of rotatable bonds is 3. The molecule has 0 spiro atoms. The fourth-order valence-corrected chi connectivity index (χ4v) is 3.56. The topological polar surface area (TPSA) is 31.9 Å². The first-order valence-corrected chi connectivity index (χ1v) is 8.81. The van der Waals surface area contributed by atoms with Crippen molar-refractivity contribution in [1.29, 1.82) is 0 Å². The van der Waals surface area contributed by atoms with Gasteiger partial charge >= 0.3 is 0 Å². The summed E-state index contributed by atoms with van der Waals surface area (Å²) < 4.78 is 0. The first-order chi connectivity index (χ1) is 12.2. The highest BCUT2D eigenvalue weighted by Gasteiger charge is 2.20. The van der Waals surface area contributed by atoms with Gasteiger partial charge in [-0.3, -0.25) is 0 Å². The molecule has 0 amide bonds. The van der Waals surface area contributed by atoms with Gasteiger partial charge < -0.3 is 9.88 Å². The standard InChI is InChI=1S/C22H23N3/c1-16-6-5-7-18(14-16)9-10-19-8-3-4-13-25(19)21-15-24-22-20(17(21)2)11-12-23-22/h3-7,9-12,14-15,19H,8,13H2,1-2H3,(H,23,24). The van der Waals surface area contributed by atoms with E-state index >= 15 is 0 Å². The Morgan fingerprint density at radius 2 is 2.12 bits per heavy atom. The fraction of sp³-hybridized carbons (Fsp3) is 0.227. The van der Waals surface area contributed by atoms with Gasteiger partial charge in [-0.15, -0.1) is 0 Å². The van der Waals surface area contributed by atoms with Gasteiger partial charge in [-0.2, -0.15) is 0 Å². The lowest BCUT2D eigenvalue weighted by atomic mass is 10.0. The van der Waals surface area contributed by atoms with Gasteiger partial charge in [0.05, 0.1) is 17.9 Å². The van der Waals surface area contributed by atoms with Crippen molar-refractivity contribution in [2.75, 3.05) is 11.4 Å². The van der Waals surface area contributed by atoms with E-state index in [1.165, 1.54) is 27.8 Å². The summed E-state index contributed by atoms with van der Waals surface area (Å²) in [7, 11) is 0. The molecule has 1 aromatic carbocycles. The first-order valence-electron chi connectivity index (χ1n) is 8.81. The lowest BCUT2D eigenvalue weighted by Crippen LogP contribution is -2.36. The average Bonchev–Trinajstić information content (AvgIpc) is 3.11. The smallest absolute Gasteiger partial charge is 0.137 e. The molecular weight excluding hydrogens is 306 g/mol. The van der Waals surface area contributed by atoms with E-state index in [4.69, 9.17) is 0 Å². The summed E-state index contributed by atoms with van der Waals surface area (Å²) >= 11 is 0. The van der Waals surface area contributed by atoms with Gasteiger partial charge in [0.15, 0.2) is 0 Å². The Morgan fingerprint density at radius 1 is 1.20 bits per heavy atom. The zero-order valence-electron chi connectivity index (χ0n) is 14.7. The van der Waals surface area contributed by atoms with Crippen LogP contribution in [-0.2, 0) is 0 Å². The number of aryl methyl sites for hydroxylation is 2. The Morgan fingerprint density at radius 3 is 3.00 bits per heavy atom. The molecule has 2 aromatic heterocycles. The van der Waals surface area contributed by atoms with Crippen molar-refractivity contribution in [3.05, 3.63) is 77.6 Å². The van der Waals surface area contributed by atoms with Crippen molar-refractivity contribution in [1.82, 2.24) is 9.97 Å². The summed E-state index contributed by atoms with van der Waals surface area (Å²) in [6.07, 6.45) is 14.1. The maximum absolute atomic E-state index is 4.60. The van der Waals surface area contributed by atoms with Crippen molar-refractivity contribution < 1.29 is 0 Å². The van der Waals surface area contributed by atoms with Gasteiger partial charge in [0, 0.05) is 18.1 Å². The zero-order chi connectivity index (χ0) is 17.2. The molecule has 1 N–H and O–H groups in total. The van der Waals surface area contributed by atoms with Crippen molar-refractivity contribution in [3.63, 3.8) is 0 Å². The molecule has 0 bridgehead atoms. The van der Waals surface area contributed by atoms with Crippen LogP contribution in [0.25, 0.3) is 17.1 Å². The van der Waals surface area contributed by atoms with Crippen LogP contribution in [0.4, 0.5) is 5.69 Å². The highest BCUT2D eigenvalue weighted by molar-refractivity contribution is 5.84. The molecule has 0 saturated heterocycles. The van der Waals surface area contributed by atoms with Gasteiger partial charge in [0.2, 0.25) is 0 Å². The quantitative estimate of drug-likeness (QED) is 0.684. The predicted molar refractivity (Wildman–Crippen MR) is 106 cm³/mol. The van der Waals surface area contributed by atoms with Crippen LogP contribution < -0.4 is 4.90 Å². The Balaban J connectivity index is 1.66. The van der Waals surface area contributed by atoms with E-state index in [1.54, 1.807) is 0 Å². The molecule has 4 rings (SSSR count). The lowest BCUT2D eigenvalue weighted by molar-refractivity contribution is 0.704. The molecule has 0 radical (unpaired) electrons. The molecule has 0 aliphatic carbocycles. The van der Waals surface area contributed by atoms with E-state index in [0.29, 0.717) is 6.04 Å². The van der Waals surface area contributed by atoms with Gasteiger partial charge in [-0.05, 0) is 37.5 Å². The van der Waals surface area contributed by atoms with Crippen LogP contribution in [-0.4, -0.2) is 22.6 Å². The minimum atomic E-state index is 0.349. The number of fused-ring (bicyclic) bond motifs is 1. The molecule has 1 unspecified atom stereocenters. The number of hydrogen-bond acceptors (Lipinski definition) is 2. The summed E-state index contributed by atoms with van der Waals surface area (Å²) in [5, 5.41) is 1.20. The van der Waals surface area contributed by atoms with Crippen LogP contribution in [0.3, 0.4) is 0 Å². The molecule has 1 aliphatic heterocycles. The number of pyridine rings is 1. The molecule has 3 nitrogen and oxygen atoms in total. The van der Waals surface area contributed by atoms with Crippen molar-refractivity contribution >= 4 is 22.8 Å². The summed E-state index contributed by atoms with van der Waals surface area (Å²) in [4.78, 5) is 10.2. The third kappa shape index (κ3) is 3.10. The second-order valence-electron chi connectivity index (χ2n) is 6.71. The fourth-order valence-electron chi connectivity index (χ4n) is 3.56. The van der Waals surface area contributed by atoms with E-state index < -0.39 is 0 Å². The molecule has 3 heterocycles. The number of anilines is 1. The Bertz CT molecular complexity index is 949. The van der Waals surface area contributed by atoms with Gasteiger partial charge in [0.25, 0.3) is 0 Å². The highest BCUT2D eigenvalue weighted by atomic mass is 15.2. The summed E-state index contributed by atoms with van der Waals surface area (Å²) in [5.74, 6) is 0. The molecule has 1 aliphatic rings. The highest BCUT2D eigenvalue weighted by Crippen LogP contribution is 2.30. The maximum atomic E-state index is 4.60. The molecule has 1 atom stereocenters. The summed E-state index contributed by atoms with van der Waals surface area (Å²) in [5.41, 5.74) is 6.01. The van der Waals surface area contributed by atoms with E-state index in [0.717, 1.165) is 18.6 Å². The van der Waals surface area contributed by atoms with Crippen LogP contribution in [0.5, 0.6) is 0 Å². The average molecular weight is 329 g/mol. The number of aromatic nitrogens is 2. The molecule has 3 aromatic rings. The van der Waals surface area contributed by atoms with Crippen LogP contribution in [0.2, 0.25) is 0 Å². The minimum absolute atomic E-state index is 0.349. The molecule has 0 saturated carbocycles. The third-order valence-corrected chi connectivity index (χ3v) is 4.94. The SMILES string of the molecule is Cc1cccc(C=CC2CC=CCN2c2cnc3[nH]ccc3c2C)c1. The van der Waals surface area contributed by atoms with Crippen LogP contribution >= 0.6 is 0 Å². The summed E-state index contributed by atoms with van der Waals surface area (Å²) in [6.45, 7) is 5.24. The summed E-state index contributed by atoms with van der Waals surface area (Å²) in [6, 6.07) is 11.1. The first kappa shape index (κ1) is 15.7. The predicted octanol–water partition coefficient (Wildman–Crippen LogP) is 5.03. The van der Waals surface area contributed by atoms with E-state index in [2.05, 4.69) is 83.4 Å². The number of nitrogens with zero attached hydrogens (tertiary/aromatic N) is 2. The molecule has 0 fully saturated rings. The molecule has 3 heteroatoms.